The average Bonchev–Trinajstić information content (AvgIpc) is 2.18. The van der Waals surface area contributed by atoms with Crippen molar-refractivity contribution in [1.29, 1.82) is 0 Å². The lowest BCUT2D eigenvalue weighted by Gasteiger charge is -2.13. The van der Waals surface area contributed by atoms with Gasteiger partial charge in [-0.05, 0) is 0 Å². The Labute approximate surface area is 96.8 Å². The van der Waals surface area contributed by atoms with Crippen LogP contribution in [0.2, 0.25) is 5.02 Å². The molecule has 0 unspecified atom stereocenters. The molecule has 1 heterocycles. The molecule has 0 amide bonds. The van der Waals surface area contributed by atoms with E-state index in [1.54, 1.807) is 0 Å². The number of rotatable bonds is 3. The Balaban J connectivity index is 3.20. The summed E-state index contributed by atoms with van der Waals surface area (Å²) in [6, 6.07) is 0. The zero-order valence-corrected chi connectivity index (χ0v) is 8.69. The fraction of sp³-hybridized carbons (Fsp3) is 0.375. The predicted molar refractivity (Wildman–Crippen MR) is 46.8 cm³/mol. The Hall–Kier alpha value is -1.15. The highest BCUT2D eigenvalue weighted by Gasteiger charge is 2.33. The molecule has 9 heteroatoms. The van der Waals surface area contributed by atoms with E-state index in [0.29, 0.717) is 6.20 Å². The Bertz CT molecular complexity index is 410. The second kappa shape index (κ2) is 5.01. The van der Waals surface area contributed by atoms with E-state index >= 15 is 0 Å². The lowest BCUT2D eigenvalue weighted by molar-refractivity contribution is -0.274. The van der Waals surface area contributed by atoms with Crippen molar-refractivity contribution < 1.29 is 31.8 Å². The summed E-state index contributed by atoms with van der Waals surface area (Å²) in [6.07, 6.45) is -7.66. The summed E-state index contributed by atoms with van der Waals surface area (Å²) in [7, 11) is 0. The zero-order chi connectivity index (χ0) is 13.2. The molecule has 0 saturated heterocycles. The van der Waals surface area contributed by atoms with Gasteiger partial charge in [0.25, 0.3) is 6.43 Å². The highest BCUT2D eigenvalue weighted by Crippen LogP contribution is 2.35. The van der Waals surface area contributed by atoms with E-state index in [0.717, 1.165) is 0 Å². The largest absolute Gasteiger partial charge is 0.573 e. The molecule has 0 radical (unpaired) electrons. The van der Waals surface area contributed by atoms with Crippen LogP contribution in [0.15, 0.2) is 6.20 Å². The molecule has 0 saturated carbocycles. The lowest BCUT2D eigenvalue weighted by atomic mass is 10.2. The Morgan fingerprint density at radius 1 is 1.41 bits per heavy atom. The maximum Gasteiger partial charge on any atom is 0.573 e. The maximum atomic E-state index is 12.4. The zero-order valence-electron chi connectivity index (χ0n) is 7.93. The molecule has 0 aliphatic carbocycles. The van der Waals surface area contributed by atoms with Crippen LogP contribution < -0.4 is 4.74 Å². The number of aliphatic hydroxyl groups is 1. The molecule has 1 aromatic heterocycles. The predicted octanol–water partition coefficient (Wildman–Crippen LogP) is 3.06. The first-order valence-corrected chi connectivity index (χ1v) is 4.46. The van der Waals surface area contributed by atoms with Gasteiger partial charge in [0.1, 0.15) is 5.69 Å². The van der Waals surface area contributed by atoms with Gasteiger partial charge in [0.2, 0.25) is 0 Å². The van der Waals surface area contributed by atoms with Crippen LogP contribution in [0.25, 0.3) is 0 Å². The molecule has 0 bridgehead atoms. The van der Waals surface area contributed by atoms with Crippen molar-refractivity contribution in [3.05, 3.63) is 22.5 Å². The molecule has 3 nitrogen and oxygen atoms in total. The monoisotopic (exact) mass is 277 g/mol. The minimum atomic E-state index is -5.02. The van der Waals surface area contributed by atoms with Crippen molar-refractivity contribution in [2.24, 2.45) is 0 Å². The molecule has 96 valence electrons. The summed E-state index contributed by atoms with van der Waals surface area (Å²) >= 11 is 5.41. The van der Waals surface area contributed by atoms with Crippen LogP contribution in [-0.4, -0.2) is 16.5 Å². The highest BCUT2D eigenvalue weighted by atomic mass is 35.5. The van der Waals surface area contributed by atoms with Crippen molar-refractivity contribution in [2.45, 2.75) is 19.4 Å². The lowest BCUT2D eigenvalue weighted by Crippen LogP contribution is -2.18. The third kappa shape index (κ3) is 3.40. The second-order valence-corrected chi connectivity index (χ2v) is 3.18. The SMILES string of the molecule is OCc1c(C(F)F)ncc(OC(F)(F)F)c1Cl. The summed E-state index contributed by atoms with van der Waals surface area (Å²) in [5.74, 6) is -0.937. The smallest absolute Gasteiger partial charge is 0.403 e. The second-order valence-electron chi connectivity index (χ2n) is 2.81. The highest BCUT2D eigenvalue weighted by molar-refractivity contribution is 6.32. The average molecular weight is 278 g/mol. The molecule has 0 atom stereocenters. The number of hydrogen-bond acceptors (Lipinski definition) is 3. The van der Waals surface area contributed by atoms with Crippen LogP contribution in [0.1, 0.15) is 17.7 Å². The van der Waals surface area contributed by atoms with Crippen molar-refractivity contribution in [3.8, 4) is 5.75 Å². The topological polar surface area (TPSA) is 42.4 Å². The third-order valence-corrected chi connectivity index (χ3v) is 2.12. The number of alkyl halides is 5. The van der Waals surface area contributed by atoms with Crippen LogP contribution in [0, 0.1) is 0 Å². The van der Waals surface area contributed by atoms with Gasteiger partial charge < -0.3 is 9.84 Å². The van der Waals surface area contributed by atoms with Crippen LogP contribution >= 0.6 is 11.6 Å². The summed E-state index contributed by atoms with van der Waals surface area (Å²) in [5, 5.41) is 8.04. The summed E-state index contributed by atoms with van der Waals surface area (Å²) in [6.45, 7) is -0.972. The van der Waals surface area contributed by atoms with Gasteiger partial charge in [-0.25, -0.2) is 8.78 Å². The molecule has 0 aliphatic heterocycles. The van der Waals surface area contributed by atoms with Gasteiger partial charge in [-0.1, -0.05) is 11.6 Å². The Kier molecular flexibility index (Phi) is 4.10. The van der Waals surface area contributed by atoms with E-state index in [4.69, 9.17) is 16.7 Å². The number of aliphatic hydroxyl groups excluding tert-OH is 1. The number of ether oxygens (including phenoxy) is 1. The fourth-order valence-corrected chi connectivity index (χ4v) is 1.30. The van der Waals surface area contributed by atoms with Gasteiger partial charge in [-0.2, -0.15) is 0 Å². The molecular weight excluding hydrogens is 273 g/mol. The van der Waals surface area contributed by atoms with Gasteiger partial charge >= 0.3 is 6.36 Å². The van der Waals surface area contributed by atoms with Gasteiger partial charge in [-0.3, -0.25) is 4.98 Å². The van der Waals surface area contributed by atoms with Crippen LogP contribution in [0.3, 0.4) is 0 Å². The standard InChI is InChI=1S/C8H5ClF5NO2/c9-5-3(2-16)6(7(10)11)15-1-4(5)17-8(12,13)14/h1,7,16H,2H2. The Morgan fingerprint density at radius 2 is 2.00 bits per heavy atom. The van der Waals surface area contributed by atoms with E-state index < -0.39 is 41.4 Å². The molecule has 1 rings (SSSR count). The molecule has 0 aromatic carbocycles. The summed E-state index contributed by atoms with van der Waals surface area (Å²) < 4.78 is 63.9. The number of pyridine rings is 1. The molecule has 17 heavy (non-hydrogen) atoms. The normalized spacial score (nSPS) is 12.0. The molecule has 0 fully saturated rings. The van der Waals surface area contributed by atoms with Crippen LogP contribution in [0.5, 0.6) is 5.75 Å². The number of aromatic nitrogens is 1. The van der Waals surface area contributed by atoms with Crippen molar-refractivity contribution >= 4 is 11.6 Å². The van der Waals surface area contributed by atoms with E-state index in [1.807, 2.05) is 0 Å². The van der Waals surface area contributed by atoms with Gasteiger partial charge in [-0.15, -0.1) is 13.2 Å². The first-order valence-electron chi connectivity index (χ1n) is 4.08. The minimum absolute atomic E-state index is 0.427. The van der Waals surface area contributed by atoms with E-state index in [1.165, 1.54) is 0 Å². The molecule has 0 aliphatic rings. The number of nitrogens with zero attached hydrogens (tertiary/aromatic N) is 1. The first-order chi connectivity index (χ1) is 7.76. The summed E-state index contributed by atoms with van der Waals surface area (Å²) in [5.41, 5.74) is -1.48. The van der Waals surface area contributed by atoms with Crippen LogP contribution in [0.4, 0.5) is 22.0 Å². The van der Waals surface area contributed by atoms with Crippen LogP contribution in [-0.2, 0) is 6.61 Å². The first kappa shape index (κ1) is 13.9. The molecule has 0 spiro atoms. The van der Waals surface area contributed by atoms with Crippen molar-refractivity contribution in [1.82, 2.24) is 4.98 Å². The molecular formula is C8H5ClF5NO2. The van der Waals surface area contributed by atoms with Gasteiger partial charge in [0.15, 0.2) is 5.75 Å². The fourth-order valence-electron chi connectivity index (χ4n) is 1.06. The maximum absolute atomic E-state index is 12.4. The van der Waals surface area contributed by atoms with Crippen molar-refractivity contribution in [2.75, 3.05) is 0 Å². The van der Waals surface area contributed by atoms with E-state index in [2.05, 4.69) is 9.72 Å². The minimum Gasteiger partial charge on any atom is -0.403 e. The van der Waals surface area contributed by atoms with E-state index in [9.17, 15) is 22.0 Å². The number of hydrogen-bond donors (Lipinski definition) is 1. The quantitative estimate of drug-likeness (QED) is 0.864. The molecule has 1 N–H and O–H groups in total. The molecule has 1 aromatic rings. The van der Waals surface area contributed by atoms with Gasteiger partial charge in [0.05, 0.1) is 17.8 Å². The number of halogens is 6. The van der Waals surface area contributed by atoms with Gasteiger partial charge in [0, 0.05) is 5.56 Å². The van der Waals surface area contributed by atoms with E-state index in [-0.39, 0.29) is 0 Å². The summed E-state index contributed by atoms with van der Waals surface area (Å²) in [4.78, 5) is 3.07. The Morgan fingerprint density at radius 3 is 2.41 bits per heavy atom. The third-order valence-electron chi connectivity index (χ3n) is 1.70. The van der Waals surface area contributed by atoms with Crippen molar-refractivity contribution in [3.63, 3.8) is 0 Å².